The van der Waals surface area contributed by atoms with Gasteiger partial charge in [0, 0.05) is 29.1 Å². The number of rotatable bonds is 8. The molecule has 0 aliphatic heterocycles. The molecule has 0 saturated carbocycles. The lowest BCUT2D eigenvalue weighted by atomic mass is 10.0. The van der Waals surface area contributed by atoms with E-state index in [1.165, 1.54) is 11.3 Å². The van der Waals surface area contributed by atoms with Crippen LogP contribution in [0.5, 0.6) is 5.88 Å². The number of hydrogen-bond acceptors (Lipinski definition) is 7. The number of hydrogen-bond donors (Lipinski definition) is 2. The van der Waals surface area contributed by atoms with Crippen LogP contribution in [-0.2, 0) is 11.2 Å². The second-order valence-electron chi connectivity index (χ2n) is 8.48. The summed E-state index contributed by atoms with van der Waals surface area (Å²) in [4.78, 5) is 21.6. The average molecular weight is 519 g/mol. The van der Waals surface area contributed by atoms with Gasteiger partial charge in [-0.2, -0.15) is 0 Å². The molecule has 2 unspecified atom stereocenters. The number of carbonyl (C=O) groups is 1. The maximum Gasteiger partial charge on any atom is 0.233 e. The lowest BCUT2D eigenvalue weighted by molar-refractivity contribution is -0.117. The Morgan fingerprint density at radius 1 is 1.14 bits per heavy atom. The zero-order valence-electron chi connectivity index (χ0n) is 20.1. The summed E-state index contributed by atoms with van der Waals surface area (Å²) in [7, 11) is 0. The van der Waals surface area contributed by atoms with Gasteiger partial charge in [0.25, 0.3) is 0 Å². The number of thioether (sulfide) groups is 1. The van der Waals surface area contributed by atoms with Gasteiger partial charge in [0.15, 0.2) is 5.13 Å². The Morgan fingerprint density at radius 2 is 1.92 bits per heavy atom. The number of nitrogens with one attached hydrogen (secondary N) is 1. The van der Waals surface area contributed by atoms with Crippen molar-refractivity contribution in [3.8, 4) is 11.6 Å². The van der Waals surface area contributed by atoms with Crippen molar-refractivity contribution in [3.05, 3.63) is 84.3 Å². The third kappa shape index (κ3) is 4.89. The molecule has 9 heteroatoms. The van der Waals surface area contributed by atoms with Crippen LogP contribution in [0.1, 0.15) is 49.2 Å². The number of aryl methyl sites for hydroxylation is 1. The second kappa shape index (κ2) is 10.2. The van der Waals surface area contributed by atoms with E-state index in [1.807, 2.05) is 75.5 Å². The molecule has 0 radical (unpaired) electrons. The molecule has 36 heavy (non-hydrogen) atoms. The summed E-state index contributed by atoms with van der Waals surface area (Å²) in [6.45, 7) is 5.94. The number of amides is 1. The predicted octanol–water partition coefficient (Wildman–Crippen LogP) is 6.94. The zero-order valence-corrected chi connectivity index (χ0v) is 21.8. The van der Waals surface area contributed by atoms with Crippen LogP contribution >= 0.6 is 23.1 Å². The molecule has 0 fully saturated rings. The van der Waals surface area contributed by atoms with Crippen LogP contribution in [0.25, 0.3) is 16.5 Å². The van der Waals surface area contributed by atoms with Gasteiger partial charge in [-0.1, -0.05) is 48.6 Å². The lowest BCUT2D eigenvalue weighted by Gasteiger charge is -2.12. The average Bonchev–Trinajstić information content (AvgIpc) is 3.63. The molecular weight excluding hydrogens is 492 g/mol. The Balaban J connectivity index is 1.23. The van der Waals surface area contributed by atoms with Gasteiger partial charge in [0.2, 0.25) is 17.7 Å². The van der Waals surface area contributed by atoms with Gasteiger partial charge < -0.3 is 14.8 Å². The van der Waals surface area contributed by atoms with E-state index in [-0.39, 0.29) is 23.0 Å². The van der Waals surface area contributed by atoms with Gasteiger partial charge in [-0.25, -0.2) is 9.97 Å². The minimum Gasteiger partial charge on any atom is -0.494 e. The summed E-state index contributed by atoms with van der Waals surface area (Å²) < 4.78 is 8.47. The van der Waals surface area contributed by atoms with Crippen LogP contribution in [0.2, 0.25) is 0 Å². The quantitative estimate of drug-likeness (QED) is 0.216. The van der Waals surface area contributed by atoms with E-state index >= 15 is 0 Å². The lowest BCUT2D eigenvalue weighted by Crippen LogP contribution is -2.18. The predicted molar refractivity (Wildman–Crippen MR) is 144 cm³/mol. The van der Waals surface area contributed by atoms with Crippen molar-refractivity contribution in [2.75, 3.05) is 5.32 Å². The Morgan fingerprint density at radius 3 is 2.64 bits per heavy atom. The molecule has 2 atom stereocenters. The van der Waals surface area contributed by atoms with Gasteiger partial charge in [-0.15, -0.1) is 11.8 Å². The van der Waals surface area contributed by atoms with Crippen LogP contribution in [-0.4, -0.2) is 25.5 Å². The number of aromatic nitrogens is 3. The largest absolute Gasteiger partial charge is 0.494 e. The molecule has 2 N–H and O–H groups in total. The van der Waals surface area contributed by atoms with Gasteiger partial charge in [0.05, 0.1) is 27.8 Å². The van der Waals surface area contributed by atoms with E-state index in [4.69, 9.17) is 4.42 Å². The first-order valence-corrected chi connectivity index (χ1v) is 13.4. The fraction of sp³-hybridized carbons (Fsp3) is 0.222. The van der Waals surface area contributed by atoms with Crippen molar-refractivity contribution in [1.29, 1.82) is 0 Å². The van der Waals surface area contributed by atoms with Gasteiger partial charge in [0.1, 0.15) is 5.76 Å². The normalized spacial score (nSPS) is 13.1. The van der Waals surface area contributed by atoms with Crippen molar-refractivity contribution in [1.82, 2.24) is 14.5 Å². The van der Waals surface area contributed by atoms with Crippen molar-refractivity contribution < 1.29 is 14.3 Å². The Bertz CT molecular complexity index is 1500. The summed E-state index contributed by atoms with van der Waals surface area (Å²) in [6.07, 6.45) is 6.24. The van der Waals surface area contributed by atoms with Gasteiger partial charge in [-0.3, -0.25) is 9.36 Å². The Hall–Kier alpha value is -3.56. The highest BCUT2D eigenvalue weighted by molar-refractivity contribution is 8.01. The first kappa shape index (κ1) is 24.1. The highest BCUT2D eigenvalue weighted by Crippen LogP contribution is 2.39. The SMILES string of the molecule is CCc1cnc(C(C)Sc2cnc(NC(=O)C(C)c3ccc(-n4cc5ccccc5c4O)cc3)s2)o1. The second-order valence-corrected chi connectivity index (χ2v) is 11.1. The van der Waals surface area contributed by atoms with Crippen molar-refractivity contribution in [3.63, 3.8) is 0 Å². The molecule has 0 aliphatic rings. The highest BCUT2D eigenvalue weighted by atomic mass is 32.2. The minimum absolute atomic E-state index is 0.0454. The maximum atomic E-state index is 12.9. The van der Waals surface area contributed by atoms with Crippen LogP contribution in [0.3, 0.4) is 0 Å². The number of aromatic hydroxyl groups is 1. The molecule has 7 nitrogen and oxygen atoms in total. The third-order valence-corrected chi connectivity index (χ3v) is 8.18. The smallest absolute Gasteiger partial charge is 0.233 e. The molecule has 0 aliphatic carbocycles. The summed E-state index contributed by atoms with van der Waals surface area (Å²) >= 11 is 3.03. The number of fused-ring (bicyclic) bond motifs is 1. The molecule has 184 valence electrons. The standard InChI is InChI=1S/C27H26N4O3S2/c1-4-21-13-28-25(34-21)17(3)35-23-14-29-27(36-23)30-24(32)16(2)18-9-11-20(12-10-18)31-15-19-7-5-6-8-22(19)26(31)33/h5-17,33H,4H2,1-3H3,(H,29,30,32). The topological polar surface area (TPSA) is 93.2 Å². The van der Waals surface area contributed by atoms with E-state index in [9.17, 15) is 9.90 Å². The van der Waals surface area contributed by atoms with Crippen LogP contribution < -0.4 is 5.32 Å². The van der Waals surface area contributed by atoms with E-state index in [2.05, 4.69) is 15.3 Å². The maximum absolute atomic E-state index is 12.9. The fourth-order valence-electron chi connectivity index (χ4n) is 3.90. The Labute approximate surface area is 217 Å². The van der Waals surface area contributed by atoms with E-state index in [1.54, 1.807) is 28.7 Å². The van der Waals surface area contributed by atoms with Gasteiger partial charge >= 0.3 is 0 Å². The highest BCUT2D eigenvalue weighted by Gasteiger charge is 2.19. The molecule has 5 rings (SSSR count). The molecule has 0 saturated heterocycles. The summed E-state index contributed by atoms with van der Waals surface area (Å²) in [5.41, 5.74) is 1.70. The van der Waals surface area contributed by atoms with Crippen LogP contribution in [0.15, 0.2) is 75.7 Å². The molecule has 0 bridgehead atoms. The molecule has 3 aromatic heterocycles. The fourth-order valence-corrected chi connectivity index (χ4v) is 5.99. The molecular formula is C27H26N4O3S2. The number of anilines is 1. The Kier molecular flexibility index (Phi) is 6.84. The first-order chi connectivity index (χ1) is 17.4. The van der Waals surface area contributed by atoms with Crippen molar-refractivity contribution in [2.24, 2.45) is 0 Å². The van der Waals surface area contributed by atoms with E-state index in [0.717, 1.165) is 38.4 Å². The molecule has 0 spiro atoms. The van der Waals surface area contributed by atoms with Crippen molar-refractivity contribution in [2.45, 2.75) is 42.6 Å². The van der Waals surface area contributed by atoms with E-state index in [0.29, 0.717) is 11.0 Å². The van der Waals surface area contributed by atoms with Crippen LogP contribution in [0, 0.1) is 0 Å². The molecule has 1 amide bonds. The third-order valence-electron chi connectivity index (χ3n) is 6.04. The molecule has 3 heterocycles. The van der Waals surface area contributed by atoms with Crippen LogP contribution in [0.4, 0.5) is 5.13 Å². The summed E-state index contributed by atoms with van der Waals surface area (Å²) in [5.74, 6) is 1.26. The number of carbonyl (C=O) groups excluding carboxylic acids is 1. The number of thiazole rings is 1. The first-order valence-electron chi connectivity index (χ1n) is 11.7. The van der Waals surface area contributed by atoms with Gasteiger partial charge in [-0.05, 0) is 37.6 Å². The molecule has 5 aromatic rings. The molecule has 2 aromatic carbocycles. The van der Waals surface area contributed by atoms with Crippen molar-refractivity contribution >= 4 is 44.9 Å². The summed E-state index contributed by atoms with van der Waals surface area (Å²) in [6, 6.07) is 15.3. The zero-order chi connectivity index (χ0) is 25.2. The number of benzene rings is 2. The van der Waals surface area contributed by atoms with E-state index < -0.39 is 0 Å². The number of oxazole rings is 1. The monoisotopic (exact) mass is 518 g/mol. The minimum atomic E-state index is -0.366. The summed E-state index contributed by atoms with van der Waals surface area (Å²) in [5, 5.41) is 15.9. The number of nitrogens with zero attached hydrogens (tertiary/aromatic N) is 3.